The molecule has 8 heteroatoms. The van der Waals surface area contributed by atoms with Crippen LogP contribution in [0.3, 0.4) is 0 Å². The molecular weight excluding hydrogens is 366 g/mol. The number of benzene rings is 2. The van der Waals surface area contributed by atoms with Gasteiger partial charge in [-0.05, 0) is 48.6 Å². The fourth-order valence-electron chi connectivity index (χ4n) is 2.01. The lowest BCUT2D eigenvalue weighted by atomic mass is 10.2. The van der Waals surface area contributed by atoms with Gasteiger partial charge in [-0.3, -0.25) is 10.1 Å². The van der Waals surface area contributed by atoms with Crippen LogP contribution in [0.4, 0.5) is 5.13 Å². The van der Waals surface area contributed by atoms with Crippen molar-refractivity contribution in [2.24, 2.45) is 0 Å². The van der Waals surface area contributed by atoms with E-state index in [0.717, 1.165) is 4.70 Å². The molecule has 0 aliphatic heterocycles. The Morgan fingerprint density at radius 1 is 1.25 bits per heavy atom. The van der Waals surface area contributed by atoms with Gasteiger partial charge in [0, 0.05) is 5.56 Å². The fourth-order valence-corrected chi connectivity index (χ4v) is 3.44. The number of carbonyl (C=O) groups excluding carboxylic acids is 1. The lowest BCUT2D eigenvalue weighted by molar-refractivity contribution is 0.0977. The molecular formula is C16H12ClN3O2S2. The highest BCUT2D eigenvalue weighted by atomic mass is 35.5. The minimum atomic E-state index is -0.311. The van der Waals surface area contributed by atoms with Crippen molar-refractivity contribution in [2.45, 2.75) is 0 Å². The van der Waals surface area contributed by atoms with Crippen LogP contribution in [0.2, 0.25) is 5.02 Å². The Balaban J connectivity index is 1.67. The number of nitrogens with one attached hydrogen (secondary N) is 2. The molecule has 0 bridgehead atoms. The molecule has 1 aromatic heterocycles. The molecule has 0 unspecified atom stereocenters. The van der Waals surface area contributed by atoms with Crippen molar-refractivity contribution in [3.63, 3.8) is 0 Å². The Morgan fingerprint density at radius 3 is 2.67 bits per heavy atom. The van der Waals surface area contributed by atoms with E-state index in [0.29, 0.717) is 27.0 Å². The van der Waals surface area contributed by atoms with Crippen LogP contribution in [0.1, 0.15) is 10.4 Å². The molecule has 0 saturated carbocycles. The molecule has 3 aromatic rings. The summed E-state index contributed by atoms with van der Waals surface area (Å²) in [5.41, 5.74) is 1.18. The van der Waals surface area contributed by atoms with Gasteiger partial charge in [-0.1, -0.05) is 29.0 Å². The summed E-state index contributed by atoms with van der Waals surface area (Å²) in [5.74, 6) is 0.368. The fraction of sp³-hybridized carbons (Fsp3) is 0.0625. The van der Waals surface area contributed by atoms with Gasteiger partial charge >= 0.3 is 0 Å². The average molecular weight is 378 g/mol. The number of methoxy groups -OCH3 is 1. The van der Waals surface area contributed by atoms with Crippen molar-refractivity contribution < 1.29 is 9.53 Å². The highest BCUT2D eigenvalue weighted by molar-refractivity contribution is 7.80. The first-order valence-electron chi connectivity index (χ1n) is 6.88. The van der Waals surface area contributed by atoms with Crippen LogP contribution in [-0.2, 0) is 0 Å². The second-order valence-electron chi connectivity index (χ2n) is 4.74. The summed E-state index contributed by atoms with van der Waals surface area (Å²) in [4.78, 5) is 16.5. The first-order valence-corrected chi connectivity index (χ1v) is 8.48. The van der Waals surface area contributed by atoms with Crippen LogP contribution >= 0.6 is 35.2 Å². The number of rotatable bonds is 3. The van der Waals surface area contributed by atoms with Gasteiger partial charge in [-0.15, -0.1) is 0 Å². The van der Waals surface area contributed by atoms with Gasteiger partial charge in [0.2, 0.25) is 0 Å². The van der Waals surface area contributed by atoms with Crippen LogP contribution in [0, 0.1) is 0 Å². The van der Waals surface area contributed by atoms with E-state index in [-0.39, 0.29) is 11.0 Å². The van der Waals surface area contributed by atoms with Gasteiger partial charge in [0.05, 0.1) is 16.8 Å². The first-order chi connectivity index (χ1) is 11.6. The summed E-state index contributed by atoms with van der Waals surface area (Å²) in [6.45, 7) is 0. The van der Waals surface area contributed by atoms with Crippen molar-refractivity contribution in [1.29, 1.82) is 0 Å². The van der Waals surface area contributed by atoms with E-state index in [2.05, 4.69) is 15.6 Å². The van der Waals surface area contributed by atoms with E-state index in [1.54, 1.807) is 37.4 Å². The first kappa shape index (κ1) is 16.6. The Kier molecular flexibility index (Phi) is 4.94. The predicted octanol–water partition coefficient (Wildman–Crippen LogP) is 4.09. The van der Waals surface area contributed by atoms with Gasteiger partial charge in [0.15, 0.2) is 10.2 Å². The number of fused-ring (bicyclic) bond motifs is 1. The van der Waals surface area contributed by atoms with E-state index >= 15 is 0 Å². The largest absolute Gasteiger partial charge is 0.497 e. The van der Waals surface area contributed by atoms with E-state index in [9.17, 15) is 4.79 Å². The summed E-state index contributed by atoms with van der Waals surface area (Å²) in [6.07, 6.45) is 0. The Morgan fingerprint density at radius 2 is 2.00 bits per heavy atom. The highest BCUT2D eigenvalue weighted by Crippen LogP contribution is 2.30. The number of thiocarbonyl (C=S) groups is 1. The molecule has 0 saturated heterocycles. The molecule has 3 rings (SSSR count). The standard InChI is InChI=1S/C16H12ClN3O2S2/c1-22-10-7-5-9(6-8-10)14(21)19-15(23)20-16-18-13-11(17)3-2-4-12(13)24-16/h2-8H,1H3,(H2,18,19,20,21,23). The Labute approximate surface area is 152 Å². The van der Waals surface area contributed by atoms with E-state index in [4.69, 9.17) is 28.6 Å². The Hall–Kier alpha value is -2.22. The van der Waals surface area contributed by atoms with Crippen LogP contribution in [0.5, 0.6) is 5.75 Å². The normalized spacial score (nSPS) is 10.4. The number of aromatic nitrogens is 1. The number of carbonyl (C=O) groups is 1. The van der Waals surface area contributed by atoms with Gasteiger partial charge in [-0.2, -0.15) is 0 Å². The number of thiazole rings is 1. The molecule has 0 aliphatic rings. The second-order valence-corrected chi connectivity index (χ2v) is 6.59. The molecule has 0 radical (unpaired) electrons. The molecule has 2 N–H and O–H groups in total. The molecule has 0 atom stereocenters. The maximum Gasteiger partial charge on any atom is 0.257 e. The van der Waals surface area contributed by atoms with Crippen molar-refractivity contribution in [3.05, 3.63) is 53.1 Å². The van der Waals surface area contributed by atoms with Crippen molar-refractivity contribution in [3.8, 4) is 5.75 Å². The number of nitrogens with zero attached hydrogens (tertiary/aromatic N) is 1. The monoisotopic (exact) mass is 377 g/mol. The quantitative estimate of drug-likeness (QED) is 0.673. The van der Waals surface area contributed by atoms with Crippen molar-refractivity contribution >= 4 is 61.5 Å². The molecule has 2 aromatic carbocycles. The van der Waals surface area contributed by atoms with E-state index in [1.807, 2.05) is 12.1 Å². The van der Waals surface area contributed by atoms with Gasteiger partial charge in [0.1, 0.15) is 11.3 Å². The van der Waals surface area contributed by atoms with Gasteiger partial charge in [0.25, 0.3) is 5.91 Å². The minimum Gasteiger partial charge on any atom is -0.497 e. The minimum absolute atomic E-state index is 0.172. The highest BCUT2D eigenvalue weighted by Gasteiger charge is 2.11. The van der Waals surface area contributed by atoms with Gasteiger partial charge < -0.3 is 10.1 Å². The average Bonchev–Trinajstić information content (AvgIpc) is 2.98. The van der Waals surface area contributed by atoms with Crippen LogP contribution in [0.15, 0.2) is 42.5 Å². The molecule has 1 heterocycles. The molecule has 24 heavy (non-hydrogen) atoms. The third-order valence-electron chi connectivity index (χ3n) is 3.17. The van der Waals surface area contributed by atoms with Crippen LogP contribution in [0.25, 0.3) is 10.2 Å². The summed E-state index contributed by atoms with van der Waals surface area (Å²) < 4.78 is 6.00. The maximum absolute atomic E-state index is 12.2. The lowest BCUT2D eigenvalue weighted by Gasteiger charge is -2.07. The number of para-hydroxylation sites is 1. The molecule has 5 nitrogen and oxygen atoms in total. The summed E-state index contributed by atoms with van der Waals surface area (Å²) in [7, 11) is 1.57. The third kappa shape index (κ3) is 3.64. The molecule has 0 spiro atoms. The zero-order chi connectivity index (χ0) is 17.1. The SMILES string of the molecule is COc1ccc(C(=O)NC(=S)Nc2nc3c(Cl)cccc3s2)cc1. The number of hydrogen-bond acceptors (Lipinski definition) is 5. The third-order valence-corrected chi connectivity index (χ3v) is 4.61. The second kappa shape index (κ2) is 7.12. The number of ether oxygens (including phenoxy) is 1. The molecule has 122 valence electrons. The van der Waals surface area contributed by atoms with Gasteiger partial charge in [-0.25, -0.2) is 4.98 Å². The molecule has 1 amide bonds. The number of anilines is 1. The molecule has 0 aliphatic carbocycles. The van der Waals surface area contributed by atoms with E-state index < -0.39 is 0 Å². The maximum atomic E-state index is 12.2. The smallest absolute Gasteiger partial charge is 0.257 e. The summed E-state index contributed by atoms with van der Waals surface area (Å²) in [5, 5.41) is 6.83. The van der Waals surface area contributed by atoms with Crippen molar-refractivity contribution in [2.75, 3.05) is 12.4 Å². The number of amides is 1. The lowest BCUT2D eigenvalue weighted by Crippen LogP contribution is -2.34. The number of hydrogen-bond donors (Lipinski definition) is 2. The van der Waals surface area contributed by atoms with Crippen molar-refractivity contribution in [1.82, 2.24) is 10.3 Å². The predicted molar refractivity (Wildman–Crippen MR) is 101 cm³/mol. The van der Waals surface area contributed by atoms with Crippen LogP contribution in [-0.4, -0.2) is 23.1 Å². The van der Waals surface area contributed by atoms with E-state index in [1.165, 1.54) is 11.3 Å². The molecule has 0 fully saturated rings. The summed E-state index contributed by atoms with van der Waals surface area (Å²) >= 11 is 12.7. The zero-order valence-corrected chi connectivity index (χ0v) is 14.9. The Bertz CT molecular complexity index is 909. The summed E-state index contributed by atoms with van der Waals surface area (Å²) in [6, 6.07) is 12.3. The number of halogens is 1. The van der Waals surface area contributed by atoms with Crippen LogP contribution < -0.4 is 15.4 Å². The topological polar surface area (TPSA) is 63.2 Å². The zero-order valence-electron chi connectivity index (χ0n) is 12.5.